The minimum absolute atomic E-state index is 0. The molecule has 0 heterocycles. The number of carbonyl (C=O) groups excluding carboxylic acids is 1. The highest BCUT2D eigenvalue weighted by molar-refractivity contribution is 6.30. The number of benzene rings is 1. The third kappa shape index (κ3) is 4.58. The van der Waals surface area contributed by atoms with Gasteiger partial charge in [-0.25, -0.2) is 8.78 Å². The van der Waals surface area contributed by atoms with E-state index in [4.69, 9.17) is 17.3 Å². The van der Waals surface area contributed by atoms with Gasteiger partial charge in [0.05, 0.1) is 10.6 Å². The van der Waals surface area contributed by atoms with Crippen molar-refractivity contribution in [3.05, 3.63) is 34.4 Å². The van der Waals surface area contributed by atoms with Gasteiger partial charge < -0.3 is 10.6 Å². The van der Waals surface area contributed by atoms with Gasteiger partial charge in [-0.3, -0.25) is 4.79 Å². The molecule has 0 saturated heterocycles. The van der Waals surface area contributed by atoms with E-state index in [-0.39, 0.29) is 28.4 Å². The minimum Gasteiger partial charge on any atom is -0.341 e. The number of amides is 1. The van der Waals surface area contributed by atoms with E-state index in [9.17, 15) is 13.6 Å². The van der Waals surface area contributed by atoms with E-state index >= 15 is 0 Å². The second-order valence-corrected chi connectivity index (χ2v) is 5.68. The summed E-state index contributed by atoms with van der Waals surface area (Å²) in [4.78, 5) is 13.4. The molecule has 114 valence electrons. The maximum Gasteiger partial charge on any atom is 0.256 e. The average molecular weight is 327 g/mol. The van der Waals surface area contributed by atoms with Gasteiger partial charge in [0.15, 0.2) is 0 Å². The quantitative estimate of drug-likeness (QED) is 0.864. The molecule has 0 fully saturated rings. The molecule has 0 radical (unpaired) electrons. The molecule has 0 unspecified atom stereocenters. The molecule has 0 aliphatic heterocycles. The van der Waals surface area contributed by atoms with Gasteiger partial charge in [0, 0.05) is 13.6 Å². The molecule has 20 heavy (non-hydrogen) atoms. The lowest BCUT2D eigenvalue weighted by Crippen LogP contribution is -2.40. The third-order valence-electron chi connectivity index (χ3n) is 2.80. The van der Waals surface area contributed by atoms with Crippen LogP contribution in [-0.4, -0.2) is 30.9 Å². The Morgan fingerprint density at radius 1 is 1.35 bits per heavy atom. The summed E-state index contributed by atoms with van der Waals surface area (Å²) in [7, 11) is 1.52. The van der Waals surface area contributed by atoms with Crippen LogP contribution in [0.3, 0.4) is 0 Å². The van der Waals surface area contributed by atoms with Crippen LogP contribution in [0.1, 0.15) is 24.2 Å². The van der Waals surface area contributed by atoms with Crippen LogP contribution < -0.4 is 5.73 Å². The molecule has 0 spiro atoms. The number of carbonyl (C=O) groups is 1. The third-order valence-corrected chi connectivity index (χ3v) is 3.09. The lowest BCUT2D eigenvalue weighted by molar-refractivity contribution is 0.0735. The normalized spacial score (nSPS) is 10.9. The van der Waals surface area contributed by atoms with Gasteiger partial charge >= 0.3 is 0 Å². The second-order valence-electron chi connectivity index (χ2n) is 5.28. The predicted octanol–water partition coefficient (Wildman–Crippen LogP) is 3.10. The Kier molecular flexibility index (Phi) is 6.87. The van der Waals surface area contributed by atoms with Crippen molar-refractivity contribution in [2.24, 2.45) is 11.1 Å². The van der Waals surface area contributed by atoms with E-state index in [2.05, 4.69) is 0 Å². The summed E-state index contributed by atoms with van der Waals surface area (Å²) < 4.78 is 26.9. The maximum atomic E-state index is 13.6. The molecule has 1 aromatic carbocycles. The van der Waals surface area contributed by atoms with Gasteiger partial charge in [-0.2, -0.15) is 0 Å². The van der Waals surface area contributed by atoms with Crippen molar-refractivity contribution >= 4 is 29.9 Å². The molecule has 1 amide bonds. The van der Waals surface area contributed by atoms with Crippen LogP contribution in [-0.2, 0) is 0 Å². The van der Waals surface area contributed by atoms with E-state index in [1.54, 1.807) is 0 Å². The first-order valence-corrected chi connectivity index (χ1v) is 6.16. The lowest BCUT2D eigenvalue weighted by atomic mass is 9.93. The van der Waals surface area contributed by atoms with Crippen molar-refractivity contribution in [1.29, 1.82) is 0 Å². The Hall–Kier alpha value is -0.910. The van der Waals surface area contributed by atoms with E-state index < -0.39 is 17.5 Å². The highest BCUT2D eigenvalue weighted by atomic mass is 35.5. The summed E-state index contributed by atoms with van der Waals surface area (Å²) in [5, 5.41) is -0.348. The molecule has 0 bridgehead atoms. The Bertz CT molecular complexity index is 496. The van der Waals surface area contributed by atoms with Crippen LogP contribution in [0.25, 0.3) is 0 Å². The van der Waals surface area contributed by atoms with E-state index in [1.807, 2.05) is 13.8 Å². The number of hydrogen-bond donors (Lipinski definition) is 1. The Labute approximate surface area is 128 Å². The summed E-state index contributed by atoms with van der Waals surface area (Å²) >= 11 is 5.44. The van der Waals surface area contributed by atoms with E-state index in [1.165, 1.54) is 11.9 Å². The largest absolute Gasteiger partial charge is 0.341 e. The first-order valence-electron chi connectivity index (χ1n) is 5.78. The van der Waals surface area contributed by atoms with Gasteiger partial charge in [0.25, 0.3) is 5.91 Å². The first kappa shape index (κ1) is 19.1. The van der Waals surface area contributed by atoms with Crippen molar-refractivity contribution in [3.63, 3.8) is 0 Å². The molecule has 0 saturated carbocycles. The summed E-state index contributed by atoms with van der Waals surface area (Å²) in [6, 6.07) is 1.61. The monoisotopic (exact) mass is 326 g/mol. The van der Waals surface area contributed by atoms with E-state index in [0.717, 1.165) is 12.1 Å². The fourth-order valence-corrected chi connectivity index (χ4v) is 1.82. The Morgan fingerprint density at radius 3 is 2.40 bits per heavy atom. The molecule has 0 aliphatic rings. The molecule has 2 N–H and O–H groups in total. The van der Waals surface area contributed by atoms with Gasteiger partial charge in [-0.05, 0) is 24.1 Å². The van der Waals surface area contributed by atoms with Crippen LogP contribution in [0.5, 0.6) is 0 Å². The maximum absolute atomic E-state index is 13.6. The zero-order valence-electron chi connectivity index (χ0n) is 11.5. The molecular weight excluding hydrogens is 309 g/mol. The minimum atomic E-state index is -0.839. The van der Waals surface area contributed by atoms with Gasteiger partial charge in [0.1, 0.15) is 11.6 Å². The zero-order valence-corrected chi connectivity index (χ0v) is 13.1. The molecule has 3 nitrogen and oxygen atoms in total. The summed E-state index contributed by atoms with van der Waals surface area (Å²) in [5.41, 5.74) is 4.94. The van der Waals surface area contributed by atoms with Crippen molar-refractivity contribution in [2.75, 3.05) is 20.1 Å². The molecule has 7 heteroatoms. The number of rotatable bonds is 4. The second kappa shape index (κ2) is 7.20. The van der Waals surface area contributed by atoms with Crippen molar-refractivity contribution in [2.45, 2.75) is 13.8 Å². The van der Waals surface area contributed by atoms with Crippen LogP contribution >= 0.6 is 24.0 Å². The predicted molar refractivity (Wildman–Crippen MR) is 78.4 cm³/mol. The molecule has 0 aromatic heterocycles. The first-order chi connectivity index (χ1) is 8.68. The fraction of sp³-hybridized carbons (Fsp3) is 0.462. The fourth-order valence-electron chi connectivity index (χ4n) is 1.67. The summed E-state index contributed by atoms with van der Waals surface area (Å²) in [5.74, 6) is -2.26. The molecule has 0 atom stereocenters. The van der Waals surface area contributed by atoms with Gasteiger partial charge in [-0.15, -0.1) is 12.4 Å². The molecule has 1 aromatic rings. The van der Waals surface area contributed by atoms with Crippen LogP contribution in [0.2, 0.25) is 5.02 Å². The van der Waals surface area contributed by atoms with Crippen LogP contribution in [0.15, 0.2) is 12.1 Å². The standard InChI is InChI=1S/C13H17ClF2N2O.ClH/c1-13(2,6-17)7-18(3)12(19)8-4-11(16)9(14)5-10(8)15;/h4-5H,6-7,17H2,1-3H3;1H. The molecule has 1 rings (SSSR count). The topological polar surface area (TPSA) is 46.3 Å². The zero-order chi connectivity index (χ0) is 14.8. The van der Waals surface area contributed by atoms with Crippen molar-refractivity contribution in [3.8, 4) is 0 Å². The summed E-state index contributed by atoms with van der Waals surface area (Å²) in [6.45, 7) is 4.49. The smallest absolute Gasteiger partial charge is 0.256 e. The number of hydrogen-bond acceptors (Lipinski definition) is 2. The van der Waals surface area contributed by atoms with Crippen LogP contribution in [0.4, 0.5) is 8.78 Å². The summed E-state index contributed by atoms with van der Waals surface area (Å²) in [6.07, 6.45) is 0. The Morgan fingerprint density at radius 2 is 1.90 bits per heavy atom. The van der Waals surface area contributed by atoms with Crippen molar-refractivity contribution < 1.29 is 13.6 Å². The Balaban J connectivity index is 0.00000361. The number of nitrogens with two attached hydrogens (primary N) is 1. The van der Waals surface area contributed by atoms with Crippen molar-refractivity contribution in [1.82, 2.24) is 4.90 Å². The molecular formula is C13H18Cl2F2N2O. The SMILES string of the molecule is CN(CC(C)(C)CN)C(=O)c1cc(F)c(Cl)cc1F.Cl. The number of nitrogens with zero attached hydrogens (tertiary/aromatic N) is 1. The lowest BCUT2D eigenvalue weighted by Gasteiger charge is -2.29. The van der Waals surface area contributed by atoms with Gasteiger partial charge in [0.2, 0.25) is 0 Å². The van der Waals surface area contributed by atoms with Crippen LogP contribution in [0, 0.1) is 17.0 Å². The van der Waals surface area contributed by atoms with E-state index in [0.29, 0.717) is 13.1 Å². The highest BCUT2D eigenvalue weighted by Gasteiger charge is 2.24. The number of halogens is 4. The molecule has 0 aliphatic carbocycles. The van der Waals surface area contributed by atoms with Gasteiger partial charge in [-0.1, -0.05) is 25.4 Å². The average Bonchev–Trinajstić information content (AvgIpc) is 2.32. The highest BCUT2D eigenvalue weighted by Crippen LogP contribution is 2.21.